The van der Waals surface area contributed by atoms with Crippen molar-refractivity contribution in [1.29, 1.82) is 0 Å². The van der Waals surface area contributed by atoms with Gasteiger partial charge in [-0.25, -0.2) is 0 Å². The quantitative estimate of drug-likeness (QED) is 0.542. The molecule has 8 nitrogen and oxygen atoms in total. The molecular weight excluding hydrogens is 376 g/mol. The number of esters is 1. The summed E-state index contributed by atoms with van der Waals surface area (Å²) in [4.78, 5) is 49.3. The van der Waals surface area contributed by atoms with Crippen LogP contribution in [0.25, 0.3) is 0 Å². The molecule has 3 rings (SSSR count). The number of fused-ring (bicyclic) bond motifs is 1. The third-order valence-corrected chi connectivity index (χ3v) is 4.38. The number of hydrogen-bond donors (Lipinski definition) is 1. The summed E-state index contributed by atoms with van der Waals surface area (Å²) in [5.74, 6) is -1.11. The van der Waals surface area contributed by atoms with E-state index in [1.807, 2.05) is 0 Å². The van der Waals surface area contributed by atoms with Crippen molar-refractivity contribution in [3.63, 3.8) is 0 Å². The number of anilines is 1. The number of ether oxygens (including phenoxy) is 2. The Hall–Kier alpha value is -3.68. The summed E-state index contributed by atoms with van der Waals surface area (Å²) in [7, 11) is 1.54. The van der Waals surface area contributed by atoms with Crippen molar-refractivity contribution in [3.05, 3.63) is 59.7 Å². The van der Waals surface area contributed by atoms with Gasteiger partial charge < -0.3 is 14.8 Å². The zero-order chi connectivity index (χ0) is 20.8. The Morgan fingerprint density at radius 2 is 1.59 bits per heavy atom. The third-order valence-electron chi connectivity index (χ3n) is 4.38. The number of benzene rings is 2. The average molecular weight is 396 g/mol. The van der Waals surface area contributed by atoms with Gasteiger partial charge in [-0.3, -0.25) is 24.1 Å². The largest absolute Gasteiger partial charge is 0.497 e. The molecule has 0 unspecified atom stereocenters. The molecule has 0 aromatic heterocycles. The van der Waals surface area contributed by atoms with Gasteiger partial charge in [-0.05, 0) is 42.8 Å². The van der Waals surface area contributed by atoms with E-state index in [0.29, 0.717) is 22.6 Å². The van der Waals surface area contributed by atoms with Crippen LogP contribution < -0.4 is 10.1 Å². The molecule has 8 heteroatoms. The van der Waals surface area contributed by atoms with E-state index in [1.165, 1.54) is 0 Å². The van der Waals surface area contributed by atoms with Crippen molar-refractivity contribution in [2.45, 2.75) is 12.8 Å². The van der Waals surface area contributed by atoms with Crippen LogP contribution in [0.2, 0.25) is 0 Å². The van der Waals surface area contributed by atoms with E-state index in [-0.39, 0.29) is 31.2 Å². The zero-order valence-corrected chi connectivity index (χ0v) is 15.8. The Labute approximate surface area is 167 Å². The molecule has 0 fully saturated rings. The van der Waals surface area contributed by atoms with E-state index < -0.39 is 18.5 Å². The van der Waals surface area contributed by atoms with Gasteiger partial charge in [-0.1, -0.05) is 12.1 Å². The van der Waals surface area contributed by atoms with Crippen LogP contribution in [-0.4, -0.2) is 48.9 Å². The van der Waals surface area contributed by atoms with Crippen LogP contribution in [0.3, 0.4) is 0 Å². The predicted octanol–water partition coefficient (Wildman–Crippen LogP) is 2.25. The normalized spacial score (nSPS) is 12.5. The first-order chi connectivity index (χ1) is 14.0. The summed E-state index contributed by atoms with van der Waals surface area (Å²) in [6, 6.07) is 13.3. The lowest BCUT2D eigenvalue weighted by atomic mass is 10.1. The fourth-order valence-corrected chi connectivity index (χ4v) is 2.91. The molecule has 0 saturated carbocycles. The SMILES string of the molecule is COc1ccc(NC(=O)COC(=O)CCCN2C(=O)c3ccccc3C2=O)cc1. The van der Waals surface area contributed by atoms with Crippen molar-refractivity contribution in [3.8, 4) is 5.75 Å². The van der Waals surface area contributed by atoms with Gasteiger partial charge in [0.15, 0.2) is 6.61 Å². The smallest absolute Gasteiger partial charge is 0.306 e. The maximum absolute atomic E-state index is 12.2. The number of carbonyl (C=O) groups excluding carboxylic acids is 4. The molecule has 150 valence electrons. The highest BCUT2D eigenvalue weighted by Crippen LogP contribution is 2.22. The van der Waals surface area contributed by atoms with Crippen LogP contribution in [0, 0.1) is 0 Å². The van der Waals surface area contributed by atoms with Gasteiger partial charge >= 0.3 is 5.97 Å². The first-order valence-electron chi connectivity index (χ1n) is 9.04. The second-order valence-electron chi connectivity index (χ2n) is 6.35. The molecule has 2 aromatic rings. The summed E-state index contributed by atoms with van der Waals surface area (Å²) in [5, 5.41) is 2.60. The van der Waals surface area contributed by atoms with Crippen molar-refractivity contribution in [1.82, 2.24) is 4.90 Å². The second-order valence-corrected chi connectivity index (χ2v) is 6.35. The minimum Gasteiger partial charge on any atom is -0.497 e. The Morgan fingerprint density at radius 3 is 2.17 bits per heavy atom. The molecule has 1 N–H and O–H groups in total. The highest BCUT2D eigenvalue weighted by atomic mass is 16.5. The Kier molecular flexibility index (Phi) is 6.23. The molecule has 3 amide bonds. The minimum atomic E-state index is -0.577. The average Bonchev–Trinajstić information content (AvgIpc) is 2.98. The maximum Gasteiger partial charge on any atom is 0.306 e. The summed E-state index contributed by atoms with van der Waals surface area (Å²) < 4.78 is 9.97. The second kappa shape index (κ2) is 9.01. The van der Waals surface area contributed by atoms with E-state index in [4.69, 9.17) is 9.47 Å². The molecule has 0 atom stereocenters. The van der Waals surface area contributed by atoms with Crippen molar-refractivity contribution < 1.29 is 28.7 Å². The van der Waals surface area contributed by atoms with Gasteiger partial charge in [-0.15, -0.1) is 0 Å². The minimum absolute atomic E-state index is 0.0107. The van der Waals surface area contributed by atoms with Gasteiger partial charge in [0, 0.05) is 18.7 Å². The molecule has 1 aliphatic heterocycles. The molecule has 0 aliphatic carbocycles. The van der Waals surface area contributed by atoms with Gasteiger partial charge in [0.1, 0.15) is 5.75 Å². The number of nitrogens with zero attached hydrogens (tertiary/aromatic N) is 1. The van der Waals surface area contributed by atoms with Gasteiger partial charge in [0.2, 0.25) is 0 Å². The van der Waals surface area contributed by atoms with Gasteiger partial charge in [0.05, 0.1) is 18.2 Å². The Bertz CT molecular complexity index is 903. The van der Waals surface area contributed by atoms with Gasteiger partial charge in [0.25, 0.3) is 17.7 Å². The number of rotatable bonds is 8. The molecule has 1 aliphatic rings. The summed E-state index contributed by atoms with van der Waals surface area (Å²) >= 11 is 0. The molecule has 2 aromatic carbocycles. The summed E-state index contributed by atoms with van der Waals surface area (Å²) in [5.41, 5.74) is 1.29. The van der Waals surface area contributed by atoms with E-state index in [1.54, 1.807) is 55.6 Å². The lowest BCUT2D eigenvalue weighted by molar-refractivity contribution is -0.147. The van der Waals surface area contributed by atoms with E-state index in [9.17, 15) is 19.2 Å². The van der Waals surface area contributed by atoms with Crippen molar-refractivity contribution in [2.75, 3.05) is 25.6 Å². The highest BCUT2D eigenvalue weighted by Gasteiger charge is 2.34. The Balaban J connectivity index is 1.38. The van der Waals surface area contributed by atoms with Crippen molar-refractivity contribution >= 4 is 29.4 Å². The highest BCUT2D eigenvalue weighted by molar-refractivity contribution is 6.21. The van der Waals surface area contributed by atoms with E-state index in [2.05, 4.69) is 5.32 Å². The molecule has 0 bridgehead atoms. The van der Waals surface area contributed by atoms with E-state index >= 15 is 0 Å². The van der Waals surface area contributed by atoms with Crippen molar-refractivity contribution in [2.24, 2.45) is 0 Å². The van der Waals surface area contributed by atoms with Crippen LogP contribution >= 0.6 is 0 Å². The maximum atomic E-state index is 12.2. The van der Waals surface area contributed by atoms with Gasteiger partial charge in [-0.2, -0.15) is 0 Å². The fraction of sp³-hybridized carbons (Fsp3) is 0.238. The fourth-order valence-electron chi connectivity index (χ4n) is 2.91. The number of carbonyl (C=O) groups is 4. The number of imide groups is 1. The zero-order valence-electron chi connectivity index (χ0n) is 15.8. The first kappa shape index (κ1) is 20.1. The molecule has 0 radical (unpaired) electrons. The van der Waals surface area contributed by atoms with Crippen LogP contribution in [0.15, 0.2) is 48.5 Å². The van der Waals surface area contributed by atoms with Crippen LogP contribution in [-0.2, 0) is 14.3 Å². The number of amides is 3. The number of methoxy groups -OCH3 is 1. The lowest BCUT2D eigenvalue weighted by Crippen LogP contribution is -2.31. The first-order valence-corrected chi connectivity index (χ1v) is 9.04. The molecule has 1 heterocycles. The third kappa shape index (κ3) is 4.78. The molecule has 0 saturated heterocycles. The number of nitrogens with one attached hydrogen (secondary N) is 1. The standard InChI is InChI=1S/C21H20N2O6/c1-28-15-10-8-14(9-11-15)22-18(24)13-29-19(25)7-4-12-23-20(26)16-5-2-3-6-17(16)21(23)27/h2-3,5-6,8-11H,4,7,12-13H2,1H3,(H,22,24). The molecular formula is C21H20N2O6. The van der Waals surface area contributed by atoms with Crippen LogP contribution in [0.4, 0.5) is 5.69 Å². The summed E-state index contributed by atoms with van der Waals surface area (Å²) in [6.07, 6.45) is 0.244. The number of hydrogen-bond acceptors (Lipinski definition) is 6. The topological polar surface area (TPSA) is 102 Å². The molecule has 29 heavy (non-hydrogen) atoms. The Morgan fingerprint density at radius 1 is 0.966 bits per heavy atom. The molecule has 0 spiro atoms. The predicted molar refractivity (Wildman–Crippen MR) is 104 cm³/mol. The van der Waals surface area contributed by atoms with Crippen LogP contribution in [0.5, 0.6) is 5.75 Å². The lowest BCUT2D eigenvalue weighted by Gasteiger charge is -2.13. The summed E-state index contributed by atoms with van der Waals surface area (Å²) in [6.45, 7) is -0.308. The van der Waals surface area contributed by atoms with Crippen LogP contribution in [0.1, 0.15) is 33.6 Å². The monoisotopic (exact) mass is 396 g/mol. The van der Waals surface area contributed by atoms with E-state index in [0.717, 1.165) is 4.90 Å².